The van der Waals surface area contributed by atoms with Gasteiger partial charge in [-0.15, -0.1) is 11.3 Å². The van der Waals surface area contributed by atoms with Crippen molar-refractivity contribution < 1.29 is 9.90 Å². The van der Waals surface area contributed by atoms with Gasteiger partial charge >= 0.3 is 0 Å². The highest BCUT2D eigenvalue weighted by Crippen LogP contribution is 2.29. The van der Waals surface area contributed by atoms with Gasteiger partial charge in [0.05, 0.1) is 4.88 Å². The first kappa shape index (κ1) is 15.5. The molecule has 1 aliphatic rings. The Morgan fingerprint density at radius 2 is 2.25 bits per heavy atom. The Morgan fingerprint density at radius 3 is 2.80 bits per heavy atom. The van der Waals surface area contributed by atoms with Crippen molar-refractivity contribution in [1.29, 1.82) is 0 Å². The molecule has 0 aromatic carbocycles. The lowest BCUT2D eigenvalue weighted by Crippen LogP contribution is -2.44. The number of rotatable bonds is 7. The van der Waals surface area contributed by atoms with Crippen molar-refractivity contribution >= 4 is 17.2 Å². The number of aliphatic hydroxyl groups excluding tert-OH is 1. The van der Waals surface area contributed by atoms with E-state index in [2.05, 4.69) is 19.9 Å². The monoisotopic (exact) mass is 295 g/mol. The van der Waals surface area contributed by atoms with Crippen LogP contribution in [-0.2, 0) is 6.42 Å². The largest absolute Gasteiger partial charge is 0.396 e. The van der Waals surface area contributed by atoms with Crippen LogP contribution in [0.5, 0.6) is 0 Å². The number of carbonyl (C=O) groups is 1. The van der Waals surface area contributed by atoms with Gasteiger partial charge in [-0.2, -0.15) is 0 Å². The molecule has 2 rings (SSSR count). The minimum absolute atomic E-state index is 0.154. The summed E-state index contributed by atoms with van der Waals surface area (Å²) in [7, 11) is 0. The lowest BCUT2D eigenvalue weighted by molar-refractivity contribution is 0.0567. The third-order valence-electron chi connectivity index (χ3n) is 4.08. The molecule has 0 atom stereocenters. The summed E-state index contributed by atoms with van der Waals surface area (Å²) < 4.78 is 0. The van der Waals surface area contributed by atoms with Crippen molar-refractivity contribution in [2.75, 3.05) is 13.2 Å². The standard InChI is InChI=1S/C16H25NO2S/c1-3-6-13-11-15(20-12(13)2)16(19)17(9-5-10-18)14-7-4-8-14/h11,14,18H,3-10H2,1-2H3. The SMILES string of the molecule is CCCc1cc(C(=O)N(CCCO)C2CCC2)sc1C. The van der Waals surface area contributed by atoms with Crippen molar-refractivity contribution in [3.63, 3.8) is 0 Å². The molecule has 1 N–H and O–H groups in total. The molecule has 20 heavy (non-hydrogen) atoms. The van der Waals surface area contributed by atoms with E-state index in [4.69, 9.17) is 5.11 Å². The van der Waals surface area contributed by atoms with Gasteiger partial charge in [0.2, 0.25) is 0 Å². The summed E-state index contributed by atoms with van der Waals surface area (Å²) >= 11 is 1.62. The minimum Gasteiger partial charge on any atom is -0.396 e. The fraction of sp³-hybridized carbons (Fsp3) is 0.688. The second kappa shape index (κ2) is 7.23. The van der Waals surface area contributed by atoms with E-state index < -0.39 is 0 Å². The summed E-state index contributed by atoms with van der Waals surface area (Å²) in [6.07, 6.45) is 6.29. The van der Waals surface area contributed by atoms with Crippen LogP contribution < -0.4 is 0 Å². The van der Waals surface area contributed by atoms with Crippen LogP contribution in [0.3, 0.4) is 0 Å². The maximum Gasteiger partial charge on any atom is 0.264 e. The average Bonchev–Trinajstić information content (AvgIpc) is 2.73. The number of aliphatic hydroxyl groups is 1. The third-order valence-corrected chi connectivity index (χ3v) is 5.16. The second-order valence-electron chi connectivity index (χ2n) is 5.60. The van der Waals surface area contributed by atoms with Crippen LogP contribution in [-0.4, -0.2) is 35.1 Å². The molecule has 1 amide bonds. The molecule has 1 aromatic heterocycles. The Morgan fingerprint density at radius 1 is 1.50 bits per heavy atom. The molecule has 1 saturated carbocycles. The van der Waals surface area contributed by atoms with Crippen molar-refractivity contribution in [3.05, 3.63) is 21.4 Å². The topological polar surface area (TPSA) is 40.5 Å². The number of nitrogens with zero attached hydrogens (tertiary/aromatic N) is 1. The van der Waals surface area contributed by atoms with Crippen molar-refractivity contribution in [1.82, 2.24) is 4.90 Å². The Kier molecular flexibility index (Phi) is 5.61. The van der Waals surface area contributed by atoms with Gasteiger partial charge in [-0.1, -0.05) is 13.3 Å². The number of hydrogen-bond acceptors (Lipinski definition) is 3. The Hall–Kier alpha value is -0.870. The van der Waals surface area contributed by atoms with E-state index in [1.165, 1.54) is 16.9 Å². The van der Waals surface area contributed by atoms with Gasteiger partial charge in [0.1, 0.15) is 0 Å². The first-order valence-corrected chi connectivity index (χ1v) is 8.50. The Balaban J connectivity index is 2.11. The van der Waals surface area contributed by atoms with Crippen LogP contribution in [0.15, 0.2) is 6.07 Å². The van der Waals surface area contributed by atoms with Gasteiger partial charge in [-0.25, -0.2) is 0 Å². The average molecular weight is 295 g/mol. The number of hydrogen-bond donors (Lipinski definition) is 1. The van der Waals surface area contributed by atoms with Crippen molar-refractivity contribution in [2.45, 2.75) is 58.4 Å². The zero-order chi connectivity index (χ0) is 14.5. The number of carbonyl (C=O) groups excluding carboxylic acids is 1. The van der Waals surface area contributed by atoms with Gasteiger partial charge in [0, 0.05) is 24.1 Å². The predicted octanol–water partition coefficient (Wildman–Crippen LogP) is 3.39. The van der Waals surface area contributed by atoms with E-state index in [1.807, 2.05) is 4.90 Å². The first-order valence-electron chi connectivity index (χ1n) is 7.68. The van der Waals surface area contributed by atoms with Gasteiger partial charge in [0.15, 0.2) is 0 Å². The van der Waals surface area contributed by atoms with E-state index in [1.54, 1.807) is 11.3 Å². The predicted molar refractivity (Wildman–Crippen MR) is 83.4 cm³/mol. The van der Waals surface area contributed by atoms with Gasteiger partial charge in [0.25, 0.3) is 5.91 Å². The van der Waals surface area contributed by atoms with Crippen LogP contribution >= 0.6 is 11.3 Å². The maximum atomic E-state index is 12.7. The molecule has 0 spiro atoms. The highest BCUT2D eigenvalue weighted by molar-refractivity contribution is 7.14. The van der Waals surface area contributed by atoms with E-state index in [0.717, 1.165) is 30.6 Å². The third kappa shape index (κ3) is 3.41. The zero-order valence-electron chi connectivity index (χ0n) is 12.5. The van der Waals surface area contributed by atoms with Crippen LogP contribution in [0, 0.1) is 6.92 Å². The Labute approximate surface area is 125 Å². The molecule has 1 aromatic rings. The molecular weight excluding hydrogens is 270 g/mol. The molecule has 1 aliphatic carbocycles. The smallest absolute Gasteiger partial charge is 0.264 e. The van der Waals surface area contributed by atoms with E-state index in [-0.39, 0.29) is 12.5 Å². The number of aryl methyl sites for hydroxylation is 2. The van der Waals surface area contributed by atoms with Crippen LogP contribution in [0.2, 0.25) is 0 Å². The quantitative estimate of drug-likeness (QED) is 0.837. The summed E-state index contributed by atoms with van der Waals surface area (Å²) in [6, 6.07) is 2.47. The summed E-state index contributed by atoms with van der Waals surface area (Å²) in [4.78, 5) is 16.8. The van der Waals surface area contributed by atoms with E-state index in [0.29, 0.717) is 19.0 Å². The molecule has 3 nitrogen and oxygen atoms in total. The summed E-state index contributed by atoms with van der Waals surface area (Å²) in [5, 5.41) is 9.02. The zero-order valence-corrected chi connectivity index (χ0v) is 13.3. The normalized spacial score (nSPS) is 15.2. The highest BCUT2D eigenvalue weighted by Gasteiger charge is 2.29. The molecular formula is C16H25NO2S. The lowest BCUT2D eigenvalue weighted by atomic mass is 9.91. The van der Waals surface area contributed by atoms with E-state index in [9.17, 15) is 4.79 Å². The molecule has 0 unspecified atom stereocenters. The van der Waals surface area contributed by atoms with Crippen LogP contribution in [0.4, 0.5) is 0 Å². The molecule has 1 heterocycles. The summed E-state index contributed by atoms with van der Waals surface area (Å²) in [5.41, 5.74) is 1.32. The molecule has 1 fully saturated rings. The molecule has 0 bridgehead atoms. The highest BCUT2D eigenvalue weighted by atomic mass is 32.1. The molecule has 4 heteroatoms. The maximum absolute atomic E-state index is 12.7. The van der Waals surface area contributed by atoms with Crippen LogP contribution in [0.25, 0.3) is 0 Å². The molecule has 0 radical (unpaired) electrons. The van der Waals surface area contributed by atoms with Gasteiger partial charge in [-0.05, 0) is 50.7 Å². The fourth-order valence-electron chi connectivity index (χ4n) is 2.67. The van der Waals surface area contributed by atoms with Crippen molar-refractivity contribution in [3.8, 4) is 0 Å². The van der Waals surface area contributed by atoms with Crippen molar-refractivity contribution in [2.24, 2.45) is 0 Å². The minimum atomic E-state index is 0.154. The van der Waals surface area contributed by atoms with Gasteiger partial charge in [-0.3, -0.25) is 4.79 Å². The van der Waals surface area contributed by atoms with E-state index >= 15 is 0 Å². The fourth-order valence-corrected chi connectivity index (χ4v) is 3.70. The summed E-state index contributed by atoms with van der Waals surface area (Å²) in [5.74, 6) is 0.165. The van der Waals surface area contributed by atoms with Crippen LogP contribution in [0.1, 0.15) is 59.1 Å². The Bertz CT molecular complexity index is 451. The molecule has 112 valence electrons. The summed E-state index contributed by atoms with van der Waals surface area (Å²) in [6.45, 7) is 5.11. The number of amides is 1. The second-order valence-corrected chi connectivity index (χ2v) is 6.86. The van der Waals surface area contributed by atoms with Gasteiger partial charge < -0.3 is 10.0 Å². The molecule has 0 saturated heterocycles. The first-order chi connectivity index (χ1) is 9.67. The molecule has 0 aliphatic heterocycles. The number of thiophene rings is 1. The lowest BCUT2D eigenvalue weighted by Gasteiger charge is -2.37.